The highest BCUT2D eigenvalue weighted by Crippen LogP contribution is 2.29. The molecule has 2 aliphatic rings. The van der Waals surface area contributed by atoms with E-state index in [9.17, 15) is 4.79 Å². The third kappa shape index (κ3) is 2.15. The van der Waals surface area contributed by atoms with Gasteiger partial charge in [0.15, 0.2) is 0 Å². The Bertz CT molecular complexity index is 205. The minimum Gasteiger partial charge on any atom is -0.373 e. The van der Waals surface area contributed by atoms with E-state index in [2.05, 4.69) is 6.92 Å². The molecule has 2 rings (SSSR count). The number of carbonyl (C=O) groups is 1. The Kier molecular flexibility index (Phi) is 3.19. The van der Waals surface area contributed by atoms with Crippen molar-refractivity contribution in [2.24, 2.45) is 0 Å². The van der Waals surface area contributed by atoms with Crippen molar-refractivity contribution in [1.82, 2.24) is 0 Å². The SMILES string of the molecule is CC1CCC(C2CCCC(C=O)O2)O1. The van der Waals surface area contributed by atoms with E-state index in [0.29, 0.717) is 6.10 Å². The van der Waals surface area contributed by atoms with Crippen LogP contribution in [0, 0.1) is 0 Å². The lowest BCUT2D eigenvalue weighted by molar-refractivity contribution is -0.140. The molecule has 2 fully saturated rings. The number of aldehydes is 1. The Morgan fingerprint density at radius 3 is 2.50 bits per heavy atom. The van der Waals surface area contributed by atoms with Crippen LogP contribution in [0.3, 0.4) is 0 Å². The Labute approximate surface area is 84.8 Å². The quantitative estimate of drug-likeness (QED) is 0.633. The van der Waals surface area contributed by atoms with E-state index in [1.54, 1.807) is 0 Å². The number of ether oxygens (including phenoxy) is 2. The molecule has 4 atom stereocenters. The Morgan fingerprint density at radius 2 is 1.86 bits per heavy atom. The van der Waals surface area contributed by atoms with Crippen LogP contribution in [-0.2, 0) is 14.3 Å². The van der Waals surface area contributed by atoms with E-state index < -0.39 is 0 Å². The average Bonchev–Trinajstić information content (AvgIpc) is 2.65. The van der Waals surface area contributed by atoms with Gasteiger partial charge in [-0.25, -0.2) is 0 Å². The second-order valence-electron chi connectivity index (χ2n) is 4.34. The second kappa shape index (κ2) is 4.41. The summed E-state index contributed by atoms with van der Waals surface area (Å²) in [5.74, 6) is 0. The fourth-order valence-corrected chi connectivity index (χ4v) is 2.36. The van der Waals surface area contributed by atoms with E-state index >= 15 is 0 Å². The maximum atomic E-state index is 10.6. The molecule has 14 heavy (non-hydrogen) atoms. The topological polar surface area (TPSA) is 35.5 Å². The molecule has 0 aromatic rings. The van der Waals surface area contributed by atoms with Crippen LogP contribution in [0.1, 0.15) is 39.0 Å². The van der Waals surface area contributed by atoms with Gasteiger partial charge in [0.2, 0.25) is 0 Å². The van der Waals surface area contributed by atoms with Gasteiger partial charge in [-0.3, -0.25) is 0 Å². The molecule has 2 heterocycles. The molecular weight excluding hydrogens is 180 g/mol. The Balaban J connectivity index is 1.87. The smallest absolute Gasteiger partial charge is 0.148 e. The lowest BCUT2D eigenvalue weighted by atomic mass is 9.99. The summed E-state index contributed by atoms with van der Waals surface area (Å²) in [5.41, 5.74) is 0. The van der Waals surface area contributed by atoms with Gasteiger partial charge < -0.3 is 14.3 Å². The number of hydrogen-bond donors (Lipinski definition) is 0. The van der Waals surface area contributed by atoms with Gasteiger partial charge in [0, 0.05) is 0 Å². The van der Waals surface area contributed by atoms with Crippen molar-refractivity contribution >= 4 is 6.29 Å². The van der Waals surface area contributed by atoms with Crippen molar-refractivity contribution in [2.45, 2.75) is 63.4 Å². The summed E-state index contributed by atoms with van der Waals surface area (Å²) in [4.78, 5) is 10.6. The molecule has 0 N–H and O–H groups in total. The lowest BCUT2D eigenvalue weighted by Gasteiger charge is -2.30. The average molecular weight is 198 g/mol. The van der Waals surface area contributed by atoms with Gasteiger partial charge in [0.25, 0.3) is 0 Å². The van der Waals surface area contributed by atoms with E-state index in [-0.39, 0.29) is 18.3 Å². The summed E-state index contributed by atoms with van der Waals surface area (Å²) in [5, 5.41) is 0. The maximum absolute atomic E-state index is 10.6. The third-order valence-electron chi connectivity index (χ3n) is 3.16. The molecule has 0 aromatic carbocycles. The van der Waals surface area contributed by atoms with Crippen LogP contribution in [0.5, 0.6) is 0 Å². The first kappa shape index (κ1) is 10.1. The molecule has 0 saturated carbocycles. The first-order valence-corrected chi connectivity index (χ1v) is 5.56. The Morgan fingerprint density at radius 1 is 1.07 bits per heavy atom. The molecule has 3 nitrogen and oxygen atoms in total. The lowest BCUT2D eigenvalue weighted by Crippen LogP contribution is -2.37. The number of rotatable bonds is 2. The van der Waals surface area contributed by atoms with Crippen LogP contribution in [0.25, 0.3) is 0 Å². The summed E-state index contributed by atoms with van der Waals surface area (Å²) < 4.78 is 11.4. The first-order chi connectivity index (χ1) is 6.79. The summed E-state index contributed by atoms with van der Waals surface area (Å²) in [6, 6.07) is 0. The fourth-order valence-electron chi connectivity index (χ4n) is 2.36. The molecule has 2 saturated heterocycles. The Hall–Kier alpha value is -0.410. The van der Waals surface area contributed by atoms with E-state index in [1.165, 1.54) is 0 Å². The molecule has 0 aromatic heterocycles. The zero-order chi connectivity index (χ0) is 9.97. The van der Waals surface area contributed by atoms with Crippen LogP contribution in [0.4, 0.5) is 0 Å². The predicted octanol–water partition coefficient (Wildman–Crippen LogP) is 1.69. The van der Waals surface area contributed by atoms with Gasteiger partial charge in [0.1, 0.15) is 12.4 Å². The molecule has 80 valence electrons. The van der Waals surface area contributed by atoms with E-state index in [0.717, 1.165) is 38.4 Å². The summed E-state index contributed by atoms with van der Waals surface area (Å²) >= 11 is 0. The largest absolute Gasteiger partial charge is 0.373 e. The molecule has 0 radical (unpaired) electrons. The van der Waals surface area contributed by atoms with Crippen molar-refractivity contribution < 1.29 is 14.3 Å². The van der Waals surface area contributed by atoms with Gasteiger partial charge in [-0.15, -0.1) is 0 Å². The van der Waals surface area contributed by atoms with Gasteiger partial charge in [-0.05, 0) is 39.0 Å². The normalized spacial score (nSPS) is 43.8. The second-order valence-corrected chi connectivity index (χ2v) is 4.34. The molecule has 0 aliphatic carbocycles. The van der Waals surface area contributed by atoms with Crippen LogP contribution >= 0.6 is 0 Å². The van der Waals surface area contributed by atoms with Gasteiger partial charge in [-0.1, -0.05) is 0 Å². The highest BCUT2D eigenvalue weighted by atomic mass is 16.6. The summed E-state index contributed by atoms with van der Waals surface area (Å²) in [6.45, 7) is 2.10. The highest BCUT2D eigenvalue weighted by molar-refractivity contribution is 5.56. The zero-order valence-corrected chi connectivity index (χ0v) is 8.65. The number of hydrogen-bond acceptors (Lipinski definition) is 3. The van der Waals surface area contributed by atoms with Gasteiger partial charge in [-0.2, -0.15) is 0 Å². The molecule has 4 unspecified atom stereocenters. The van der Waals surface area contributed by atoms with Crippen LogP contribution in [0.15, 0.2) is 0 Å². The van der Waals surface area contributed by atoms with Crippen molar-refractivity contribution in [3.05, 3.63) is 0 Å². The van der Waals surface area contributed by atoms with Crippen LogP contribution in [0.2, 0.25) is 0 Å². The highest BCUT2D eigenvalue weighted by Gasteiger charge is 2.33. The van der Waals surface area contributed by atoms with Crippen molar-refractivity contribution in [2.75, 3.05) is 0 Å². The van der Waals surface area contributed by atoms with Gasteiger partial charge in [0.05, 0.1) is 18.3 Å². The van der Waals surface area contributed by atoms with Crippen molar-refractivity contribution in [1.29, 1.82) is 0 Å². The van der Waals surface area contributed by atoms with Gasteiger partial charge >= 0.3 is 0 Å². The number of carbonyl (C=O) groups excluding carboxylic acids is 1. The molecule has 3 heteroatoms. The minimum atomic E-state index is -0.187. The fraction of sp³-hybridized carbons (Fsp3) is 0.909. The van der Waals surface area contributed by atoms with Crippen LogP contribution < -0.4 is 0 Å². The molecular formula is C11H18O3. The first-order valence-electron chi connectivity index (χ1n) is 5.56. The maximum Gasteiger partial charge on any atom is 0.148 e. The van der Waals surface area contributed by atoms with E-state index in [1.807, 2.05) is 0 Å². The van der Waals surface area contributed by atoms with E-state index in [4.69, 9.17) is 9.47 Å². The zero-order valence-electron chi connectivity index (χ0n) is 8.65. The predicted molar refractivity (Wildman–Crippen MR) is 52.1 cm³/mol. The molecule has 2 aliphatic heterocycles. The molecule has 0 spiro atoms. The molecule has 0 amide bonds. The third-order valence-corrected chi connectivity index (χ3v) is 3.16. The standard InChI is InChI=1S/C11H18O3/c1-8-5-6-11(13-8)10-4-2-3-9(7-12)14-10/h7-11H,2-6H2,1H3. The summed E-state index contributed by atoms with van der Waals surface area (Å²) in [6.07, 6.45) is 6.69. The summed E-state index contributed by atoms with van der Waals surface area (Å²) in [7, 11) is 0. The van der Waals surface area contributed by atoms with Crippen LogP contribution in [-0.4, -0.2) is 30.7 Å². The minimum absolute atomic E-state index is 0.156. The van der Waals surface area contributed by atoms with Crippen molar-refractivity contribution in [3.8, 4) is 0 Å². The van der Waals surface area contributed by atoms with Crippen molar-refractivity contribution in [3.63, 3.8) is 0 Å². The molecule has 0 bridgehead atoms. The monoisotopic (exact) mass is 198 g/mol.